The lowest BCUT2D eigenvalue weighted by Crippen LogP contribution is -2.34. The van der Waals surface area contributed by atoms with E-state index in [0.717, 1.165) is 34.6 Å². The highest BCUT2D eigenvalue weighted by atomic mass is 32.2. The molecule has 3 aromatic carbocycles. The maximum Gasteiger partial charge on any atom is 0.303 e. The number of rotatable bonds is 12. The predicted molar refractivity (Wildman–Crippen MR) is 147 cm³/mol. The largest absolute Gasteiger partial charge is 0.481 e. The van der Waals surface area contributed by atoms with Crippen molar-refractivity contribution in [3.05, 3.63) is 84.4 Å². The van der Waals surface area contributed by atoms with E-state index in [2.05, 4.69) is 42.5 Å². The Balaban J connectivity index is 1.31. The topological polar surface area (TPSA) is 77.8 Å². The zero-order chi connectivity index (χ0) is 25.3. The molecule has 188 valence electrons. The summed E-state index contributed by atoms with van der Waals surface area (Å²) in [5, 5.41) is 21.8. The van der Waals surface area contributed by atoms with E-state index >= 15 is 0 Å². The Bertz CT molecular complexity index is 1220. The molecule has 5 nitrogen and oxygen atoms in total. The van der Waals surface area contributed by atoms with E-state index in [1.165, 1.54) is 10.8 Å². The fourth-order valence-corrected chi connectivity index (χ4v) is 5.53. The molecule has 3 aromatic rings. The Morgan fingerprint density at radius 1 is 1.03 bits per heavy atom. The van der Waals surface area contributed by atoms with Crippen molar-refractivity contribution in [3.8, 4) is 11.1 Å². The number of carboxylic acid groups (broad SMARTS) is 1. The number of aliphatic hydroxyl groups excluding tert-OH is 1. The number of amides is 1. The van der Waals surface area contributed by atoms with Crippen molar-refractivity contribution in [3.63, 3.8) is 0 Å². The third kappa shape index (κ3) is 7.21. The molecule has 1 heterocycles. The Morgan fingerprint density at radius 2 is 1.83 bits per heavy atom. The second-order valence-corrected chi connectivity index (χ2v) is 10.4. The number of carbonyl (C=O) groups is 2. The zero-order valence-corrected chi connectivity index (χ0v) is 21.2. The van der Waals surface area contributed by atoms with Gasteiger partial charge in [0.15, 0.2) is 0 Å². The van der Waals surface area contributed by atoms with Crippen LogP contribution in [0.2, 0.25) is 0 Å². The first kappa shape index (κ1) is 26.0. The van der Waals surface area contributed by atoms with Crippen molar-refractivity contribution >= 4 is 34.4 Å². The number of benzene rings is 3. The number of fused-ring (bicyclic) bond motifs is 1. The highest BCUT2D eigenvalue weighted by Gasteiger charge is 2.28. The monoisotopic (exact) mass is 503 g/mol. The molecule has 0 radical (unpaired) electrons. The van der Waals surface area contributed by atoms with Gasteiger partial charge in [-0.05, 0) is 52.1 Å². The van der Waals surface area contributed by atoms with Crippen molar-refractivity contribution in [2.24, 2.45) is 0 Å². The lowest BCUT2D eigenvalue weighted by molar-refractivity contribution is -0.137. The molecule has 1 aliphatic rings. The molecule has 1 aliphatic heterocycles. The Morgan fingerprint density at radius 3 is 2.67 bits per heavy atom. The number of aliphatic hydroxyl groups is 1. The molecule has 1 fully saturated rings. The molecule has 0 saturated carbocycles. The first-order chi connectivity index (χ1) is 17.5. The van der Waals surface area contributed by atoms with Gasteiger partial charge < -0.3 is 15.1 Å². The van der Waals surface area contributed by atoms with Gasteiger partial charge in [0.1, 0.15) is 0 Å². The summed E-state index contributed by atoms with van der Waals surface area (Å²) in [6, 6.07) is 23.1. The molecule has 0 unspecified atom stereocenters. The van der Waals surface area contributed by atoms with E-state index < -0.39 is 12.1 Å². The lowest BCUT2D eigenvalue weighted by Gasteiger charge is -2.22. The molecule has 2 N–H and O–H groups in total. The van der Waals surface area contributed by atoms with Crippen LogP contribution in [0.1, 0.15) is 31.2 Å². The van der Waals surface area contributed by atoms with E-state index in [-0.39, 0.29) is 18.4 Å². The number of carbonyl (C=O) groups excluding carboxylic acids is 1. The molecule has 2 atom stereocenters. The van der Waals surface area contributed by atoms with Crippen LogP contribution in [0.5, 0.6) is 0 Å². The molecule has 1 amide bonds. The second-order valence-electron chi connectivity index (χ2n) is 9.22. The quantitative estimate of drug-likeness (QED) is 0.250. The average molecular weight is 504 g/mol. The zero-order valence-electron chi connectivity index (χ0n) is 20.4. The first-order valence-electron chi connectivity index (χ1n) is 12.5. The number of aliphatic carboxylic acids is 1. The van der Waals surface area contributed by atoms with E-state index in [0.29, 0.717) is 25.8 Å². The number of hydrogen-bond donors (Lipinski definition) is 2. The van der Waals surface area contributed by atoms with Crippen LogP contribution in [-0.4, -0.2) is 57.2 Å². The van der Waals surface area contributed by atoms with Gasteiger partial charge in [-0.3, -0.25) is 9.59 Å². The fourth-order valence-electron chi connectivity index (χ4n) is 4.65. The van der Waals surface area contributed by atoms with Crippen LogP contribution < -0.4 is 0 Å². The smallest absolute Gasteiger partial charge is 0.303 e. The molecule has 1 saturated heterocycles. The standard InChI is InChI=1S/C30H33NO4S/c32-28(14-12-27-13-15-29(33)31(27)16-18-36-17-4-9-30(34)35)20-22-5-3-8-24(19-22)26-11-10-23-6-1-2-7-25(23)21-26/h1-3,5-8,10-12,14,19,21,27-28,32H,4,9,13,15-18,20H2,(H,34,35)/b14-12+/t27-,28+/m0/s1. The van der Waals surface area contributed by atoms with Crippen LogP contribution in [-0.2, 0) is 16.0 Å². The van der Waals surface area contributed by atoms with Crippen molar-refractivity contribution in [1.29, 1.82) is 0 Å². The molecule has 36 heavy (non-hydrogen) atoms. The van der Waals surface area contributed by atoms with Gasteiger partial charge in [-0.1, -0.05) is 72.8 Å². The van der Waals surface area contributed by atoms with E-state index in [4.69, 9.17) is 5.11 Å². The molecular weight excluding hydrogens is 470 g/mol. The van der Waals surface area contributed by atoms with Crippen LogP contribution >= 0.6 is 11.8 Å². The molecule has 0 aliphatic carbocycles. The summed E-state index contributed by atoms with van der Waals surface area (Å²) in [5.41, 5.74) is 3.35. The highest BCUT2D eigenvalue weighted by Crippen LogP contribution is 2.26. The minimum atomic E-state index is -0.769. The van der Waals surface area contributed by atoms with Crippen LogP contribution in [0.4, 0.5) is 0 Å². The van der Waals surface area contributed by atoms with E-state index in [9.17, 15) is 14.7 Å². The maximum atomic E-state index is 12.3. The van der Waals surface area contributed by atoms with Gasteiger partial charge in [0.2, 0.25) is 5.91 Å². The van der Waals surface area contributed by atoms with E-state index in [1.807, 2.05) is 41.3 Å². The molecular formula is C30H33NO4S. The molecule has 0 aromatic heterocycles. The van der Waals surface area contributed by atoms with Crippen LogP contribution in [0.3, 0.4) is 0 Å². The first-order valence-corrected chi connectivity index (χ1v) is 13.7. The number of carboxylic acids is 1. The molecule has 0 bridgehead atoms. The summed E-state index contributed by atoms with van der Waals surface area (Å²) in [6.45, 7) is 0.648. The molecule has 4 rings (SSSR count). The van der Waals surface area contributed by atoms with Crippen LogP contribution in [0.15, 0.2) is 78.9 Å². The van der Waals surface area contributed by atoms with Crippen LogP contribution in [0.25, 0.3) is 21.9 Å². The summed E-state index contributed by atoms with van der Waals surface area (Å²) in [4.78, 5) is 24.8. The van der Waals surface area contributed by atoms with Gasteiger partial charge in [-0.25, -0.2) is 0 Å². The third-order valence-corrected chi connectivity index (χ3v) is 7.59. The number of thioether (sulfide) groups is 1. The average Bonchev–Trinajstić information content (AvgIpc) is 3.23. The molecule has 6 heteroatoms. The van der Waals surface area contributed by atoms with Gasteiger partial charge in [0.05, 0.1) is 12.1 Å². The number of nitrogens with zero attached hydrogens (tertiary/aromatic N) is 1. The second kappa shape index (κ2) is 12.7. The summed E-state index contributed by atoms with van der Waals surface area (Å²) in [7, 11) is 0. The SMILES string of the molecule is O=C(O)CCCSCCN1C(=O)CC[C@@H]1/C=C/[C@@H](O)Cc1cccc(-c2ccc3ccccc3c2)c1. The van der Waals surface area contributed by atoms with Crippen LogP contribution in [0, 0.1) is 0 Å². The van der Waals surface area contributed by atoms with Gasteiger partial charge in [0.25, 0.3) is 0 Å². The van der Waals surface area contributed by atoms with Crippen molar-refractivity contribution in [2.75, 3.05) is 18.1 Å². The lowest BCUT2D eigenvalue weighted by atomic mass is 9.98. The normalized spacial score (nSPS) is 16.8. The predicted octanol–water partition coefficient (Wildman–Crippen LogP) is 5.56. The minimum Gasteiger partial charge on any atom is -0.481 e. The van der Waals surface area contributed by atoms with Crippen molar-refractivity contribution < 1.29 is 19.8 Å². The Kier molecular flexibility index (Phi) is 9.20. The van der Waals surface area contributed by atoms with Gasteiger partial charge in [0, 0.05) is 31.6 Å². The minimum absolute atomic E-state index is 0.00991. The maximum absolute atomic E-state index is 12.3. The molecule has 0 spiro atoms. The number of likely N-dealkylation sites (tertiary alicyclic amines) is 1. The summed E-state index contributed by atoms with van der Waals surface area (Å²) >= 11 is 1.68. The number of hydrogen-bond acceptors (Lipinski definition) is 4. The summed E-state index contributed by atoms with van der Waals surface area (Å²) in [5.74, 6) is 0.953. The Labute approximate surface area is 216 Å². The Hall–Kier alpha value is -3.09. The van der Waals surface area contributed by atoms with Crippen molar-refractivity contribution in [1.82, 2.24) is 4.90 Å². The fraction of sp³-hybridized carbons (Fsp3) is 0.333. The van der Waals surface area contributed by atoms with Crippen molar-refractivity contribution in [2.45, 2.75) is 44.2 Å². The third-order valence-electron chi connectivity index (χ3n) is 6.54. The summed E-state index contributed by atoms with van der Waals surface area (Å²) < 4.78 is 0. The van der Waals surface area contributed by atoms with Gasteiger partial charge in [-0.2, -0.15) is 11.8 Å². The summed E-state index contributed by atoms with van der Waals surface area (Å²) in [6.07, 6.45) is 5.80. The van der Waals surface area contributed by atoms with Gasteiger partial charge >= 0.3 is 5.97 Å². The highest BCUT2D eigenvalue weighted by molar-refractivity contribution is 7.99. The van der Waals surface area contributed by atoms with E-state index in [1.54, 1.807) is 11.8 Å². The van der Waals surface area contributed by atoms with Gasteiger partial charge in [-0.15, -0.1) is 0 Å².